The van der Waals surface area contributed by atoms with Crippen molar-refractivity contribution in [2.45, 2.75) is 31.7 Å². The Hall–Kier alpha value is -2.66. The Morgan fingerprint density at radius 2 is 1.83 bits per heavy atom. The number of fused-ring (bicyclic) bond motifs is 1. The lowest BCUT2D eigenvalue weighted by Crippen LogP contribution is -2.55. The second kappa shape index (κ2) is 7.30. The molecule has 3 heterocycles. The lowest BCUT2D eigenvalue weighted by atomic mass is 9.60. The van der Waals surface area contributed by atoms with Crippen LogP contribution in [0.15, 0.2) is 55.0 Å². The second-order valence-electron chi connectivity index (χ2n) is 8.30. The molecular formula is C23H23ClN4O. The van der Waals surface area contributed by atoms with E-state index in [0.717, 1.165) is 49.7 Å². The lowest BCUT2D eigenvalue weighted by molar-refractivity contribution is 0.0477. The smallest absolute Gasteiger partial charge is 0.251 e. The van der Waals surface area contributed by atoms with Crippen molar-refractivity contribution >= 4 is 34.1 Å². The van der Waals surface area contributed by atoms with Gasteiger partial charge in [0.05, 0.1) is 5.52 Å². The molecule has 2 fully saturated rings. The Morgan fingerprint density at radius 3 is 2.59 bits per heavy atom. The first-order chi connectivity index (χ1) is 14.1. The number of hydrogen-bond donors (Lipinski definition) is 1. The highest BCUT2D eigenvalue weighted by atomic mass is 35.5. The zero-order valence-electron chi connectivity index (χ0n) is 16.1. The molecule has 5 nitrogen and oxygen atoms in total. The first-order valence-electron chi connectivity index (χ1n) is 10.1. The molecule has 1 amide bonds. The van der Waals surface area contributed by atoms with Gasteiger partial charge >= 0.3 is 0 Å². The number of pyridine rings is 2. The van der Waals surface area contributed by atoms with E-state index in [9.17, 15) is 4.79 Å². The standard InChI is InChI=1S/C23H23ClN4O/c24-17-3-1-16(2-4-17)22(29)27-18-13-23(14-18)7-11-28(12-8-23)21-6-10-26-20-5-9-25-15-19(20)21/h1-6,9-10,15,18H,7-8,11-14H2,(H,27,29). The molecule has 1 aliphatic carbocycles. The summed E-state index contributed by atoms with van der Waals surface area (Å²) in [4.78, 5) is 23.6. The third kappa shape index (κ3) is 3.55. The van der Waals surface area contributed by atoms with E-state index in [1.54, 1.807) is 30.5 Å². The summed E-state index contributed by atoms with van der Waals surface area (Å²) < 4.78 is 0. The normalized spacial score (nSPS) is 18.6. The van der Waals surface area contributed by atoms with E-state index in [1.807, 2.05) is 18.5 Å². The molecule has 1 N–H and O–H groups in total. The molecule has 29 heavy (non-hydrogen) atoms. The highest BCUT2D eigenvalue weighted by Gasteiger charge is 2.46. The van der Waals surface area contributed by atoms with E-state index < -0.39 is 0 Å². The van der Waals surface area contributed by atoms with Crippen LogP contribution in [-0.4, -0.2) is 35.0 Å². The molecule has 1 aromatic carbocycles. The predicted molar refractivity (Wildman–Crippen MR) is 115 cm³/mol. The van der Waals surface area contributed by atoms with Gasteiger partial charge < -0.3 is 10.2 Å². The van der Waals surface area contributed by atoms with Crippen LogP contribution in [0.5, 0.6) is 0 Å². The number of carbonyl (C=O) groups excluding carboxylic acids is 1. The van der Waals surface area contributed by atoms with Crippen molar-refractivity contribution in [3.8, 4) is 0 Å². The van der Waals surface area contributed by atoms with Gasteiger partial charge in [0.1, 0.15) is 0 Å². The maximum Gasteiger partial charge on any atom is 0.251 e. The number of benzene rings is 1. The summed E-state index contributed by atoms with van der Waals surface area (Å²) in [5.74, 6) is -0.00490. The molecule has 0 radical (unpaired) electrons. The van der Waals surface area contributed by atoms with Gasteiger partial charge in [0, 0.05) is 59.4 Å². The third-order valence-electron chi connectivity index (χ3n) is 6.49. The molecular weight excluding hydrogens is 384 g/mol. The molecule has 0 atom stereocenters. The van der Waals surface area contributed by atoms with Gasteiger partial charge in [-0.1, -0.05) is 11.6 Å². The number of aromatic nitrogens is 2. The maximum absolute atomic E-state index is 12.4. The van der Waals surface area contributed by atoms with Crippen molar-refractivity contribution in [2.75, 3.05) is 18.0 Å². The molecule has 1 saturated carbocycles. The van der Waals surface area contributed by atoms with E-state index in [0.29, 0.717) is 16.0 Å². The van der Waals surface area contributed by atoms with Crippen molar-refractivity contribution < 1.29 is 4.79 Å². The molecule has 2 aliphatic rings. The number of rotatable bonds is 3. The van der Waals surface area contributed by atoms with E-state index in [-0.39, 0.29) is 11.9 Å². The van der Waals surface area contributed by atoms with Crippen LogP contribution in [0.1, 0.15) is 36.0 Å². The zero-order valence-corrected chi connectivity index (χ0v) is 16.9. The highest BCUT2D eigenvalue weighted by Crippen LogP contribution is 2.49. The molecule has 2 aromatic heterocycles. The zero-order chi connectivity index (χ0) is 19.8. The van der Waals surface area contributed by atoms with Crippen molar-refractivity contribution in [3.05, 3.63) is 65.6 Å². The van der Waals surface area contributed by atoms with Crippen LogP contribution < -0.4 is 10.2 Å². The summed E-state index contributed by atoms with van der Waals surface area (Å²) in [6, 6.07) is 11.4. The van der Waals surface area contributed by atoms with E-state index in [2.05, 4.69) is 26.3 Å². The summed E-state index contributed by atoms with van der Waals surface area (Å²) in [6.45, 7) is 2.07. The molecule has 0 bridgehead atoms. The van der Waals surface area contributed by atoms with Gasteiger partial charge in [-0.2, -0.15) is 0 Å². The minimum absolute atomic E-state index is 0.00490. The molecule has 148 valence electrons. The largest absolute Gasteiger partial charge is 0.371 e. The number of amides is 1. The quantitative estimate of drug-likeness (QED) is 0.697. The van der Waals surface area contributed by atoms with Gasteiger partial charge in [-0.25, -0.2) is 0 Å². The molecule has 0 unspecified atom stereocenters. The minimum atomic E-state index is -0.00490. The fourth-order valence-corrected chi connectivity index (χ4v) is 4.96. The van der Waals surface area contributed by atoms with E-state index >= 15 is 0 Å². The summed E-state index contributed by atoms with van der Waals surface area (Å²) in [5.41, 5.74) is 3.26. The van der Waals surface area contributed by atoms with Crippen LogP contribution in [0.3, 0.4) is 0 Å². The summed E-state index contributed by atoms with van der Waals surface area (Å²) in [7, 11) is 0. The van der Waals surface area contributed by atoms with Gasteiger partial charge in [0.25, 0.3) is 5.91 Å². The number of nitrogens with one attached hydrogen (secondary N) is 1. The number of piperidine rings is 1. The van der Waals surface area contributed by atoms with Crippen molar-refractivity contribution in [3.63, 3.8) is 0 Å². The van der Waals surface area contributed by atoms with Crippen LogP contribution in [0, 0.1) is 5.41 Å². The lowest BCUT2D eigenvalue weighted by Gasteiger charge is -2.52. The Kier molecular flexibility index (Phi) is 4.63. The van der Waals surface area contributed by atoms with Crippen LogP contribution >= 0.6 is 11.6 Å². The topological polar surface area (TPSA) is 58.1 Å². The summed E-state index contributed by atoms with van der Waals surface area (Å²) >= 11 is 5.90. The van der Waals surface area contributed by atoms with Gasteiger partial charge in [-0.3, -0.25) is 14.8 Å². The summed E-state index contributed by atoms with van der Waals surface area (Å²) in [5, 5.41) is 4.94. The van der Waals surface area contributed by atoms with Crippen molar-refractivity contribution in [1.82, 2.24) is 15.3 Å². The van der Waals surface area contributed by atoms with Gasteiger partial charge in [-0.05, 0) is 67.5 Å². The fraction of sp³-hybridized carbons (Fsp3) is 0.348. The van der Waals surface area contributed by atoms with Crippen molar-refractivity contribution in [1.29, 1.82) is 0 Å². The van der Waals surface area contributed by atoms with Crippen LogP contribution in [0.25, 0.3) is 10.9 Å². The summed E-state index contributed by atoms with van der Waals surface area (Å²) in [6.07, 6.45) is 10.0. The molecule has 1 aliphatic heterocycles. The number of nitrogens with zero attached hydrogens (tertiary/aromatic N) is 3. The Labute approximate surface area is 175 Å². The monoisotopic (exact) mass is 406 g/mol. The number of hydrogen-bond acceptors (Lipinski definition) is 4. The molecule has 3 aromatic rings. The van der Waals surface area contributed by atoms with Gasteiger partial charge in [0.15, 0.2) is 0 Å². The van der Waals surface area contributed by atoms with E-state index in [4.69, 9.17) is 11.6 Å². The molecule has 1 spiro atoms. The molecule has 1 saturated heterocycles. The molecule has 6 heteroatoms. The fourth-order valence-electron chi connectivity index (χ4n) is 4.84. The Morgan fingerprint density at radius 1 is 1.07 bits per heavy atom. The highest BCUT2D eigenvalue weighted by molar-refractivity contribution is 6.30. The Bertz CT molecular complexity index is 1030. The number of halogens is 1. The van der Waals surface area contributed by atoms with E-state index in [1.165, 1.54) is 5.69 Å². The number of carbonyl (C=O) groups is 1. The first-order valence-corrected chi connectivity index (χ1v) is 10.5. The average Bonchev–Trinajstić information content (AvgIpc) is 2.73. The Balaban J connectivity index is 1.19. The van der Waals surface area contributed by atoms with Gasteiger partial charge in [-0.15, -0.1) is 0 Å². The SMILES string of the molecule is O=C(NC1CC2(CCN(c3ccnc4ccncc34)CC2)C1)c1ccc(Cl)cc1. The maximum atomic E-state index is 12.4. The number of anilines is 1. The minimum Gasteiger partial charge on any atom is -0.371 e. The third-order valence-corrected chi connectivity index (χ3v) is 6.74. The van der Waals surface area contributed by atoms with Crippen LogP contribution in [-0.2, 0) is 0 Å². The first kappa shape index (κ1) is 18.4. The van der Waals surface area contributed by atoms with Crippen molar-refractivity contribution in [2.24, 2.45) is 5.41 Å². The van der Waals surface area contributed by atoms with Crippen LogP contribution in [0.4, 0.5) is 5.69 Å². The van der Waals surface area contributed by atoms with Gasteiger partial charge in [0.2, 0.25) is 0 Å². The predicted octanol–water partition coefficient (Wildman–Crippen LogP) is 4.46. The molecule has 5 rings (SSSR count). The second-order valence-corrected chi connectivity index (χ2v) is 8.73. The van der Waals surface area contributed by atoms with Crippen LogP contribution in [0.2, 0.25) is 5.02 Å². The average molecular weight is 407 g/mol.